The number of carbonyl (C=O) groups is 2. The molecule has 0 rings (SSSR count). The smallest absolute Gasteiger partial charge is 0.332 e. The molecule has 0 aromatic carbocycles. The second-order valence-corrected chi connectivity index (χ2v) is 5.65. The first-order chi connectivity index (χ1) is 10.7. The van der Waals surface area contributed by atoms with Crippen molar-refractivity contribution in [2.75, 3.05) is 6.54 Å². The van der Waals surface area contributed by atoms with Crippen LogP contribution in [0.25, 0.3) is 0 Å². The highest BCUT2D eigenvalue weighted by Gasteiger charge is 2.33. The minimum atomic E-state index is -1.29. The summed E-state index contributed by atoms with van der Waals surface area (Å²) in [6, 6.07) is 0. The van der Waals surface area contributed by atoms with Crippen LogP contribution in [0.15, 0.2) is 12.2 Å². The molecule has 134 valence electrons. The molecule has 0 saturated heterocycles. The molecule has 0 spiro atoms. The molecule has 0 saturated carbocycles. The Morgan fingerprint density at radius 1 is 1.09 bits per heavy atom. The van der Waals surface area contributed by atoms with Crippen molar-refractivity contribution in [3.05, 3.63) is 12.2 Å². The lowest BCUT2D eigenvalue weighted by Crippen LogP contribution is -2.49. The first-order valence-corrected chi connectivity index (χ1v) is 8.03. The Bertz CT molecular complexity index is 415. The van der Waals surface area contributed by atoms with E-state index < -0.39 is 29.3 Å². The molecule has 0 aliphatic rings. The fraction of sp³-hybridized carbons (Fsp3) is 0.750. The normalized spacial score (nSPS) is 13.9. The van der Waals surface area contributed by atoms with Crippen LogP contribution in [-0.2, 0) is 14.3 Å². The summed E-state index contributed by atoms with van der Waals surface area (Å²) < 4.78 is 4.91. The van der Waals surface area contributed by atoms with Crippen LogP contribution >= 0.6 is 0 Å². The maximum absolute atomic E-state index is 11.6. The Kier molecular flexibility index (Phi) is 9.04. The Morgan fingerprint density at radius 2 is 1.61 bits per heavy atom. The van der Waals surface area contributed by atoms with Gasteiger partial charge in [-0.3, -0.25) is 10.5 Å². The lowest BCUT2D eigenvalue weighted by Gasteiger charge is -2.30. The Labute approximate surface area is 137 Å². The van der Waals surface area contributed by atoms with Crippen molar-refractivity contribution in [3.8, 4) is 0 Å². The van der Waals surface area contributed by atoms with E-state index in [0.29, 0.717) is 25.7 Å². The Balaban J connectivity index is 4.45. The predicted molar refractivity (Wildman–Crippen MR) is 87.3 cm³/mol. The van der Waals surface area contributed by atoms with Crippen LogP contribution in [0.1, 0.15) is 53.4 Å². The molecule has 0 aliphatic carbocycles. The van der Waals surface area contributed by atoms with E-state index in [1.165, 1.54) is 0 Å². The molecule has 1 unspecified atom stereocenters. The van der Waals surface area contributed by atoms with Crippen LogP contribution < -0.4 is 11.1 Å². The molecule has 7 nitrogen and oxygen atoms in total. The molecule has 5 N–H and O–H groups in total. The van der Waals surface area contributed by atoms with Crippen LogP contribution in [0.5, 0.6) is 0 Å². The van der Waals surface area contributed by atoms with E-state index in [0.717, 1.165) is 12.2 Å². The van der Waals surface area contributed by atoms with Gasteiger partial charge in [-0.1, -0.05) is 27.7 Å². The Morgan fingerprint density at radius 3 is 2.04 bits per heavy atom. The van der Waals surface area contributed by atoms with Gasteiger partial charge in [0.05, 0.1) is 5.60 Å². The molecule has 1 atom stereocenters. The number of aliphatic hydroxyl groups is 2. The molecule has 0 radical (unpaired) electrons. The average molecular weight is 330 g/mol. The summed E-state index contributed by atoms with van der Waals surface area (Å²) >= 11 is 0. The van der Waals surface area contributed by atoms with Crippen molar-refractivity contribution in [2.45, 2.75) is 70.8 Å². The quantitative estimate of drug-likeness (QED) is 0.264. The summed E-state index contributed by atoms with van der Waals surface area (Å²) in [6.07, 6.45) is 2.50. The number of rotatable bonds is 10. The van der Waals surface area contributed by atoms with Gasteiger partial charge in [0.2, 0.25) is 5.91 Å². The number of hydrogen-bond acceptors (Lipinski definition) is 6. The van der Waals surface area contributed by atoms with E-state index >= 15 is 0 Å². The predicted octanol–water partition coefficient (Wildman–Crippen LogP) is 0.589. The highest BCUT2D eigenvalue weighted by molar-refractivity contribution is 5.94. The van der Waals surface area contributed by atoms with Gasteiger partial charge in [0.15, 0.2) is 6.23 Å². The molecular weight excluding hydrogens is 300 g/mol. The number of nitrogens with two attached hydrogens (primary N) is 1. The zero-order valence-electron chi connectivity index (χ0n) is 14.5. The number of hydrogen-bond donors (Lipinski definition) is 4. The molecule has 0 fully saturated rings. The highest BCUT2D eigenvalue weighted by Crippen LogP contribution is 2.19. The van der Waals surface area contributed by atoms with E-state index in [-0.39, 0.29) is 6.54 Å². The lowest BCUT2D eigenvalue weighted by atomic mass is 9.96. The minimum absolute atomic E-state index is 0.100. The van der Waals surface area contributed by atoms with E-state index in [2.05, 4.69) is 5.32 Å². The standard InChI is InChI=1S/C16H30N2O5/c1-5-15(21,6-2)11-18-12(19)9-10-13(20)23-14(17)16(22,7-3)8-4/h9-10,14,21-22H,5-8,11,17H2,1-4H3,(H,18,19)/b10-9+. The third kappa shape index (κ3) is 7.11. The van der Waals surface area contributed by atoms with Crippen molar-refractivity contribution < 1.29 is 24.5 Å². The van der Waals surface area contributed by atoms with Gasteiger partial charge in [0.1, 0.15) is 5.60 Å². The molecule has 0 bridgehead atoms. The summed E-state index contributed by atoms with van der Waals surface area (Å²) in [5, 5.41) is 22.7. The molecule has 23 heavy (non-hydrogen) atoms. The largest absolute Gasteiger partial charge is 0.440 e. The van der Waals surface area contributed by atoms with Gasteiger partial charge in [-0.25, -0.2) is 4.79 Å². The molecule has 0 heterocycles. The highest BCUT2D eigenvalue weighted by atomic mass is 16.6. The van der Waals surface area contributed by atoms with Crippen LogP contribution in [-0.4, -0.2) is 46.1 Å². The van der Waals surface area contributed by atoms with Gasteiger partial charge in [0.25, 0.3) is 0 Å². The van der Waals surface area contributed by atoms with Gasteiger partial charge in [0, 0.05) is 18.7 Å². The van der Waals surface area contributed by atoms with Crippen LogP contribution in [0.2, 0.25) is 0 Å². The number of ether oxygens (including phenoxy) is 1. The van der Waals surface area contributed by atoms with E-state index in [4.69, 9.17) is 10.5 Å². The molecule has 1 amide bonds. The molecule has 0 aromatic rings. The summed E-state index contributed by atoms with van der Waals surface area (Å²) in [5.41, 5.74) is 3.43. The minimum Gasteiger partial charge on any atom is -0.440 e. The van der Waals surface area contributed by atoms with Gasteiger partial charge in [-0.2, -0.15) is 0 Å². The number of amides is 1. The van der Waals surface area contributed by atoms with Crippen molar-refractivity contribution in [2.24, 2.45) is 5.73 Å². The summed E-state index contributed by atoms with van der Waals surface area (Å²) in [4.78, 5) is 23.2. The maximum Gasteiger partial charge on any atom is 0.332 e. The zero-order chi connectivity index (χ0) is 18.1. The van der Waals surface area contributed by atoms with Crippen LogP contribution in [0.4, 0.5) is 0 Å². The first kappa shape index (κ1) is 21.6. The lowest BCUT2D eigenvalue weighted by molar-refractivity contribution is -0.160. The summed E-state index contributed by atoms with van der Waals surface area (Å²) in [7, 11) is 0. The molecule has 0 aromatic heterocycles. The number of esters is 1. The third-order valence-electron chi connectivity index (χ3n) is 4.28. The van der Waals surface area contributed by atoms with Crippen molar-refractivity contribution in [1.29, 1.82) is 0 Å². The molecular formula is C16H30N2O5. The van der Waals surface area contributed by atoms with Crippen LogP contribution in [0.3, 0.4) is 0 Å². The average Bonchev–Trinajstić information content (AvgIpc) is 2.56. The zero-order valence-corrected chi connectivity index (χ0v) is 14.5. The van der Waals surface area contributed by atoms with E-state index in [1.807, 2.05) is 13.8 Å². The fourth-order valence-electron chi connectivity index (χ4n) is 1.88. The SMILES string of the molecule is CCC(O)(CC)CNC(=O)/C=C/C(=O)OC(N)C(O)(CC)CC. The van der Waals surface area contributed by atoms with Crippen LogP contribution in [0, 0.1) is 0 Å². The summed E-state index contributed by atoms with van der Waals surface area (Å²) in [5.74, 6) is -1.33. The second-order valence-electron chi connectivity index (χ2n) is 5.65. The third-order valence-corrected chi connectivity index (χ3v) is 4.28. The van der Waals surface area contributed by atoms with Crippen molar-refractivity contribution in [3.63, 3.8) is 0 Å². The number of nitrogens with one attached hydrogen (secondary N) is 1. The van der Waals surface area contributed by atoms with Crippen molar-refractivity contribution in [1.82, 2.24) is 5.32 Å². The van der Waals surface area contributed by atoms with Gasteiger partial charge in [-0.05, 0) is 25.7 Å². The maximum atomic E-state index is 11.6. The second kappa shape index (κ2) is 9.64. The molecule has 7 heteroatoms. The van der Waals surface area contributed by atoms with Gasteiger partial charge < -0.3 is 20.3 Å². The van der Waals surface area contributed by atoms with Gasteiger partial charge in [-0.15, -0.1) is 0 Å². The fourth-order valence-corrected chi connectivity index (χ4v) is 1.88. The topological polar surface area (TPSA) is 122 Å². The van der Waals surface area contributed by atoms with E-state index in [1.54, 1.807) is 13.8 Å². The van der Waals surface area contributed by atoms with E-state index in [9.17, 15) is 19.8 Å². The van der Waals surface area contributed by atoms with Crippen molar-refractivity contribution >= 4 is 11.9 Å². The monoisotopic (exact) mass is 330 g/mol. The van der Waals surface area contributed by atoms with Gasteiger partial charge >= 0.3 is 5.97 Å². The summed E-state index contributed by atoms with van der Waals surface area (Å²) in [6.45, 7) is 7.23. The number of carbonyl (C=O) groups excluding carboxylic acids is 2. The Hall–Kier alpha value is -1.44. The first-order valence-electron chi connectivity index (χ1n) is 8.03. The molecule has 0 aliphatic heterocycles.